The van der Waals surface area contributed by atoms with Gasteiger partial charge in [0.05, 0.1) is 23.6 Å². The summed E-state index contributed by atoms with van der Waals surface area (Å²) in [7, 11) is 0. The molecular weight excluding hydrogens is 294 g/mol. The second-order valence-corrected chi connectivity index (χ2v) is 5.57. The molecule has 21 heavy (non-hydrogen) atoms. The van der Waals surface area contributed by atoms with Crippen LogP contribution in [0.3, 0.4) is 0 Å². The van der Waals surface area contributed by atoms with E-state index in [-0.39, 0.29) is 19.8 Å². The van der Waals surface area contributed by atoms with Crippen molar-refractivity contribution in [1.82, 2.24) is 25.5 Å². The molecule has 3 N–H and O–H groups in total. The zero-order chi connectivity index (χ0) is 15.3. The molecule has 0 aliphatic heterocycles. The van der Waals surface area contributed by atoms with Crippen molar-refractivity contribution in [3.63, 3.8) is 0 Å². The third kappa shape index (κ3) is 3.63. The predicted molar refractivity (Wildman–Crippen MR) is 76.5 cm³/mol. The van der Waals surface area contributed by atoms with Crippen molar-refractivity contribution in [3.8, 4) is 10.7 Å². The van der Waals surface area contributed by atoms with Crippen LogP contribution < -0.4 is 5.32 Å². The average molecular weight is 311 g/mol. The van der Waals surface area contributed by atoms with Gasteiger partial charge in [-0.05, 0) is 23.1 Å². The largest absolute Gasteiger partial charge is 0.394 e. The minimum atomic E-state index is -1.02. The molecule has 0 atom stereocenters. The molecule has 0 aromatic carbocycles. The number of nitrogens with zero attached hydrogens (tertiary/aromatic N) is 4. The Bertz CT molecular complexity index is 571. The number of nitrogens with one attached hydrogen (secondary N) is 1. The number of tetrazole rings is 1. The molecule has 2 aromatic rings. The average Bonchev–Trinajstić information content (AvgIpc) is 3.15. The number of amides is 1. The lowest BCUT2D eigenvalue weighted by molar-refractivity contribution is -0.125. The van der Waals surface area contributed by atoms with Crippen LogP contribution in [0.2, 0.25) is 0 Å². The van der Waals surface area contributed by atoms with E-state index in [1.165, 1.54) is 16.1 Å². The lowest BCUT2D eigenvalue weighted by atomic mass is 9.98. The number of aliphatic hydroxyl groups excluding tert-OH is 2. The maximum absolute atomic E-state index is 11.9. The number of rotatable bonds is 7. The first-order chi connectivity index (χ1) is 10.1. The van der Waals surface area contributed by atoms with Gasteiger partial charge in [0.2, 0.25) is 11.7 Å². The molecule has 0 fully saturated rings. The SMILES string of the molecule is CCC(CO)(CO)NC(=O)Cn1nnc(-c2cccs2)n1. The summed E-state index contributed by atoms with van der Waals surface area (Å²) in [6, 6.07) is 3.75. The van der Waals surface area contributed by atoms with Gasteiger partial charge >= 0.3 is 0 Å². The lowest BCUT2D eigenvalue weighted by Gasteiger charge is -2.29. The lowest BCUT2D eigenvalue weighted by Crippen LogP contribution is -2.54. The third-order valence-corrected chi connectivity index (χ3v) is 4.03. The van der Waals surface area contributed by atoms with Gasteiger partial charge in [0.1, 0.15) is 6.54 Å². The summed E-state index contributed by atoms with van der Waals surface area (Å²) in [5.74, 6) is 0.0685. The van der Waals surface area contributed by atoms with Crippen molar-refractivity contribution < 1.29 is 15.0 Å². The highest BCUT2D eigenvalue weighted by Crippen LogP contribution is 2.19. The minimum absolute atomic E-state index is 0.125. The normalized spacial score (nSPS) is 11.6. The summed E-state index contributed by atoms with van der Waals surface area (Å²) in [5, 5.41) is 34.9. The van der Waals surface area contributed by atoms with Crippen LogP contribution >= 0.6 is 11.3 Å². The Kier molecular flexibility index (Phi) is 4.99. The Labute approximate surface area is 125 Å². The minimum Gasteiger partial charge on any atom is -0.394 e. The zero-order valence-corrected chi connectivity index (χ0v) is 12.4. The van der Waals surface area contributed by atoms with E-state index in [0.717, 1.165) is 4.88 Å². The molecule has 0 aliphatic carbocycles. The molecule has 0 saturated carbocycles. The van der Waals surface area contributed by atoms with E-state index in [4.69, 9.17) is 0 Å². The molecule has 1 amide bonds. The molecule has 0 radical (unpaired) electrons. The van der Waals surface area contributed by atoms with Crippen LogP contribution in [0.15, 0.2) is 17.5 Å². The molecule has 2 heterocycles. The summed E-state index contributed by atoms with van der Waals surface area (Å²) < 4.78 is 0. The van der Waals surface area contributed by atoms with E-state index in [1.54, 1.807) is 6.92 Å². The molecule has 0 saturated heterocycles. The molecule has 0 aliphatic rings. The molecule has 0 unspecified atom stereocenters. The molecule has 0 bridgehead atoms. The fraction of sp³-hybridized carbons (Fsp3) is 0.500. The van der Waals surface area contributed by atoms with E-state index in [9.17, 15) is 15.0 Å². The summed E-state index contributed by atoms with van der Waals surface area (Å²) in [4.78, 5) is 14.0. The number of thiophene rings is 1. The molecule has 114 valence electrons. The first kappa shape index (κ1) is 15.5. The Morgan fingerprint density at radius 2 is 2.24 bits per heavy atom. The van der Waals surface area contributed by atoms with Gasteiger partial charge in [-0.25, -0.2) is 0 Å². The van der Waals surface area contributed by atoms with Gasteiger partial charge in [-0.15, -0.1) is 21.5 Å². The first-order valence-electron chi connectivity index (χ1n) is 6.47. The van der Waals surface area contributed by atoms with Crippen molar-refractivity contribution in [2.75, 3.05) is 13.2 Å². The highest BCUT2D eigenvalue weighted by atomic mass is 32.1. The van der Waals surface area contributed by atoms with Crippen molar-refractivity contribution in [2.45, 2.75) is 25.4 Å². The quantitative estimate of drug-likeness (QED) is 0.644. The van der Waals surface area contributed by atoms with Crippen LogP contribution in [0.4, 0.5) is 0 Å². The second-order valence-electron chi connectivity index (χ2n) is 4.62. The molecule has 2 aromatic heterocycles. The molecular formula is C12H17N5O3S. The van der Waals surface area contributed by atoms with E-state index >= 15 is 0 Å². The Balaban J connectivity index is 2.00. The summed E-state index contributed by atoms with van der Waals surface area (Å²) >= 11 is 1.48. The number of carbonyl (C=O) groups is 1. The zero-order valence-electron chi connectivity index (χ0n) is 11.6. The fourth-order valence-electron chi connectivity index (χ4n) is 1.72. The van der Waals surface area contributed by atoms with Gasteiger partial charge in [-0.2, -0.15) is 4.80 Å². The van der Waals surface area contributed by atoms with E-state index in [0.29, 0.717) is 12.2 Å². The number of carbonyl (C=O) groups excluding carboxylic acids is 1. The monoisotopic (exact) mass is 311 g/mol. The van der Waals surface area contributed by atoms with Crippen LogP contribution in [-0.2, 0) is 11.3 Å². The van der Waals surface area contributed by atoms with Gasteiger partial charge in [0.15, 0.2) is 0 Å². The van der Waals surface area contributed by atoms with Gasteiger partial charge in [0.25, 0.3) is 0 Å². The van der Waals surface area contributed by atoms with Crippen LogP contribution in [-0.4, -0.2) is 55.1 Å². The first-order valence-corrected chi connectivity index (χ1v) is 7.35. The smallest absolute Gasteiger partial charge is 0.244 e. The Morgan fingerprint density at radius 1 is 1.48 bits per heavy atom. The topological polar surface area (TPSA) is 113 Å². The molecule has 9 heteroatoms. The number of hydrogen-bond donors (Lipinski definition) is 3. The van der Waals surface area contributed by atoms with Crippen LogP contribution in [0.1, 0.15) is 13.3 Å². The highest BCUT2D eigenvalue weighted by Gasteiger charge is 2.28. The number of aromatic nitrogens is 4. The van der Waals surface area contributed by atoms with Gasteiger partial charge in [-0.3, -0.25) is 4.79 Å². The summed E-state index contributed by atoms with van der Waals surface area (Å²) in [5.41, 5.74) is -1.02. The molecule has 8 nitrogen and oxygen atoms in total. The summed E-state index contributed by atoms with van der Waals surface area (Å²) in [6.07, 6.45) is 0.414. The third-order valence-electron chi connectivity index (χ3n) is 3.17. The maximum Gasteiger partial charge on any atom is 0.244 e. The van der Waals surface area contributed by atoms with Crippen molar-refractivity contribution in [2.24, 2.45) is 0 Å². The predicted octanol–water partition coefficient (Wildman–Crippen LogP) is -0.349. The van der Waals surface area contributed by atoms with E-state index in [1.807, 2.05) is 17.5 Å². The summed E-state index contributed by atoms with van der Waals surface area (Å²) in [6.45, 7) is 0.976. The maximum atomic E-state index is 11.9. The Hall–Kier alpha value is -1.84. The van der Waals surface area contributed by atoms with Gasteiger partial charge in [-0.1, -0.05) is 13.0 Å². The number of aliphatic hydroxyl groups is 2. The fourth-order valence-corrected chi connectivity index (χ4v) is 2.37. The van der Waals surface area contributed by atoms with Crippen LogP contribution in [0.25, 0.3) is 10.7 Å². The molecule has 2 rings (SSSR count). The van der Waals surface area contributed by atoms with Gasteiger partial charge < -0.3 is 15.5 Å². The van der Waals surface area contributed by atoms with E-state index in [2.05, 4.69) is 20.7 Å². The second kappa shape index (κ2) is 6.74. The Morgan fingerprint density at radius 3 is 2.81 bits per heavy atom. The van der Waals surface area contributed by atoms with Gasteiger partial charge in [0, 0.05) is 0 Å². The van der Waals surface area contributed by atoms with Crippen molar-refractivity contribution in [3.05, 3.63) is 17.5 Å². The van der Waals surface area contributed by atoms with Crippen LogP contribution in [0, 0.1) is 0 Å². The van der Waals surface area contributed by atoms with E-state index < -0.39 is 11.4 Å². The number of hydrogen-bond acceptors (Lipinski definition) is 7. The standard InChI is InChI=1S/C12H17N5O3S/c1-2-12(7-18,8-19)13-10(20)6-17-15-11(14-16-17)9-4-3-5-21-9/h3-5,18-19H,2,6-8H2,1H3,(H,13,20). The highest BCUT2D eigenvalue weighted by molar-refractivity contribution is 7.13. The van der Waals surface area contributed by atoms with Crippen molar-refractivity contribution >= 4 is 17.2 Å². The molecule has 0 spiro atoms. The van der Waals surface area contributed by atoms with Crippen molar-refractivity contribution in [1.29, 1.82) is 0 Å². The van der Waals surface area contributed by atoms with Crippen LogP contribution in [0.5, 0.6) is 0 Å².